The van der Waals surface area contributed by atoms with Gasteiger partial charge in [0, 0.05) is 19.0 Å². The van der Waals surface area contributed by atoms with Crippen LogP contribution in [0.1, 0.15) is 45.1 Å². The maximum absolute atomic E-state index is 11.0. The van der Waals surface area contributed by atoms with Crippen molar-refractivity contribution in [3.05, 3.63) is 35.9 Å². The molecule has 0 aromatic heterocycles. The SMILES string of the molecule is CC(C)N(CCCCCC(=O)NN)Cc1ccccc1. The zero-order valence-electron chi connectivity index (χ0n) is 12.6. The van der Waals surface area contributed by atoms with Gasteiger partial charge in [0.05, 0.1) is 0 Å². The molecule has 20 heavy (non-hydrogen) atoms. The fraction of sp³-hybridized carbons (Fsp3) is 0.562. The van der Waals surface area contributed by atoms with E-state index in [0.717, 1.165) is 32.4 Å². The van der Waals surface area contributed by atoms with Gasteiger partial charge in [-0.2, -0.15) is 0 Å². The highest BCUT2D eigenvalue weighted by atomic mass is 16.2. The first kappa shape index (κ1) is 16.7. The summed E-state index contributed by atoms with van der Waals surface area (Å²) in [6, 6.07) is 11.1. The molecule has 0 radical (unpaired) electrons. The van der Waals surface area contributed by atoms with Crippen LogP contribution < -0.4 is 11.3 Å². The minimum atomic E-state index is -0.0741. The van der Waals surface area contributed by atoms with Crippen LogP contribution in [-0.2, 0) is 11.3 Å². The van der Waals surface area contributed by atoms with Gasteiger partial charge in [0.1, 0.15) is 0 Å². The molecular formula is C16H27N3O. The van der Waals surface area contributed by atoms with E-state index in [1.807, 2.05) is 6.07 Å². The molecule has 0 spiro atoms. The van der Waals surface area contributed by atoms with Crippen molar-refractivity contribution in [2.75, 3.05) is 6.54 Å². The van der Waals surface area contributed by atoms with Crippen LogP contribution in [-0.4, -0.2) is 23.4 Å². The number of carbonyl (C=O) groups excluding carboxylic acids is 1. The summed E-state index contributed by atoms with van der Waals surface area (Å²) < 4.78 is 0. The van der Waals surface area contributed by atoms with Crippen molar-refractivity contribution in [2.45, 2.75) is 52.1 Å². The van der Waals surface area contributed by atoms with E-state index >= 15 is 0 Å². The highest BCUT2D eigenvalue weighted by Gasteiger charge is 2.09. The van der Waals surface area contributed by atoms with Crippen molar-refractivity contribution >= 4 is 5.91 Å². The van der Waals surface area contributed by atoms with Crippen LogP contribution in [0.3, 0.4) is 0 Å². The van der Waals surface area contributed by atoms with E-state index in [9.17, 15) is 4.79 Å². The Morgan fingerprint density at radius 3 is 2.50 bits per heavy atom. The second-order valence-electron chi connectivity index (χ2n) is 5.43. The third-order valence-electron chi connectivity index (χ3n) is 3.47. The van der Waals surface area contributed by atoms with Gasteiger partial charge < -0.3 is 0 Å². The summed E-state index contributed by atoms with van der Waals surface area (Å²) in [6.45, 7) is 6.51. The number of benzene rings is 1. The molecule has 0 saturated carbocycles. The monoisotopic (exact) mass is 277 g/mol. The Balaban J connectivity index is 2.28. The average molecular weight is 277 g/mol. The highest BCUT2D eigenvalue weighted by Crippen LogP contribution is 2.10. The Bertz CT molecular complexity index is 379. The van der Waals surface area contributed by atoms with Gasteiger partial charge in [0.2, 0.25) is 5.91 Å². The molecule has 1 aromatic carbocycles. The predicted molar refractivity (Wildman–Crippen MR) is 82.8 cm³/mol. The maximum Gasteiger partial charge on any atom is 0.233 e. The van der Waals surface area contributed by atoms with Crippen LogP contribution in [0.5, 0.6) is 0 Å². The second kappa shape index (κ2) is 9.50. The van der Waals surface area contributed by atoms with E-state index in [-0.39, 0.29) is 5.91 Å². The summed E-state index contributed by atoms with van der Waals surface area (Å²) in [6.07, 6.45) is 3.60. The number of nitrogens with two attached hydrogens (primary N) is 1. The van der Waals surface area contributed by atoms with Crippen LogP contribution in [0.15, 0.2) is 30.3 Å². The Labute approximate surface area is 122 Å². The van der Waals surface area contributed by atoms with Gasteiger partial charge in [-0.15, -0.1) is 0 Å². The van der Waals surface area contributed by atoms with Crippen LogP contribution in [0, 0.1) is 0 Å². The molecule has 1 amide bonds. The summed E-state index contributed by atoms with van der Waals surface area (Å²) >= 11 is 0. The van der Waals surface area contributed by atoms with E-state index in [1.165, 1.54) is 5.56 Å². The third-order valence-corrected chi connectivity index (χ3v) is 3.47. The number of hydrogen-bond donors (Lipinski definition) is 2. The molecule has 4 nitrogen and oxygen atoms in total. The lowest BCUT2D eigenvalue weighted by Crippen LogP contribution is -2.31. The minimum absolute atomic E-state index is 0.0741. The smallest absolute Gasteiger partial charge is 0.233 e. The number of nitrogens with one attached hydrogen (secondary N) is 1. The number of hydrazine groups is 1. The molecule has 0 aliphatic rings. The third kappa shape index (κ3) is 6.68. The zero-order valence-corrected chi connectivity index (χ0v) is 12.6. The number of unbranched alkanes of at least 4 members (excludes halogenated alkanes) is 2. The van der Waals surface area contributed by atoms with E-state index < -0.39 is 0 Å². The van der Waals surface area contributed by atoms with Crippen molar-refractivity contribution in [1.29, 1.82) is 0 Å². The summed E-state index contributed by atoms with van der Waals surface area (Å²) in [5, 5.41) is 0. The maximum atomic E-state index is 11.0. The van der Waals surface area contributed by atoms with E-state index in [0.29, 0.717) is 12.5 Å². The summed E-state index contributed by atoms with van der Waals surface area (Å²) in [7, 11) is 0. The molecule has 0 aliphatic carbocycles. The fourth-order valence-electron chi connectivity index (χ4n) is 2.19. The molecule has 0 unspecified atom stereocenters. The summed E-state index contributed by atoms with van der Waals surface area (Å²) in [5.74, 6) is 4.98. The van der Waals surface area contributed by atoms with Gasteiger partial charge in [-0.1, -0.05) is 36.8 Å². The normalized spacial score (nSPS) is 11.1. The Hall–Kier alpha value is -1.39. The first-order chi connectivity index (χ1) is 9.63. The minimum Gasteiger partial charge on any atom is -0.297 e. The number of carbonyl (C=O) groups is 1. The summed E-state index contributed by atoms with van der Waals surface area (Å²) in [4.78, 5) is 13.5. The molecule has 3 N–H and O–H groups in total. The van der Waals surface area contributed by atoms with Crippen molar-refractivity contribution in [3.8, 4) is 0 Å². The molecule has 1 aromatic rings. The Morgan fingerprint density at radius 2 is 1.90 bits per heavy atom. The Kier molecular flexibility index (Phi) is 7.92. The van der Waals surface area contributed by atoms with Gasteiger partial charge in [-0.05, 0) is 38.8 Å². The van der Waals surface area contributed by atoms with Crippen molar-refractivity contribution < 1.29 is 4.79 Å². The lowest BCUT2D eigenvalue weighted by atomic mass is 10.1. The first-order valence-corrected chi connectivity index (χ1v) is 7.41. The van der Waals surface area contributed by atoms with Crippen LogP contribution >= 0.6 is 0 Å². The first-order valence-electron chi connectivity index (χ1n) is 7.41. The molecule has 0 heterocycles. The van der Waals surface area contributed by atoms with Crippen molar-refractivity contribution in [2.24, 2.45) is 5.84 Å². The average Bonchev–Trinajstić information content (AvgIpc) is 2.46. The quantitative estimate of drug-likeness (QED) is 0.315. The second-order valence-corrected chi connectivity index (χ2v) is 5.43. The number of hydrogen-bond acceptors (Lipinski definition) is 3. The fourth-order valence-corrected chi connectivity index (χ4v) is 2.19. The topological polar surface area (TPSA) is 58.4 Å². The molecule has 112 valence electrons. The molecule has 1 rings (SSSR count). The van der Waals surface area contributed by atoms with Crippen LogP contribution in [0.25, 0.3) is 0 Å². The number of amides is 1. The molecule has 4 heteroatoms. The molecule has 0 bridgehead atoms. The van der Waals surface area contributed by atoms with E-state index in [4.69, 9.17) is 5.84 Å². The standard InChI is InChI=1S/C16H27N3O/c1-14(2)19(13-15-9-5-3-6-10-15)12-8-4-7-11-16(20)18-17/h3,5-6,9-10,14H,4,7-8,11-13,17H2,1-2H3,(H,18,20). The van der Waals surface area contributed by atoms with E-state index in [2.05, 4.69) is 48.4 Å². The van der Waals surface area contributed by atoms with Crippen molar-refractivity contribution in [3.63, 3.8) is 0 Å². The summed E-state index contributed by atoms with van der Waals surface area (Å²) in [5.41, 5.74) is 3.52. The molecule has 0 fully saturated rings. The van der Waals surface area contributed by atoms with Crippen molar-refractivity contribution in [1.82, 2.24) is 10.3 Å². The Morgan fingerprint density at radius 1 is 1.20 bits per heavy atom. The van der Waals surface area contributed by atoms with Gasteiger partial charge >= 0.3 is 0 Å². The van der Waals surface area contributed by atoms with Gasteiger partial charge in [-0.3, -0.25) is 15.1 Å². The van der Waals surface area contributed by atoms with Gasteiger partial charge in [-0.25, -0.2) is 5.84 Å². The molecule has 0 atom stereocenters. The predicted octanol–water partition coefficient (Wildman–Crippen LogP) is 2.45. The van der Waals surface area contributed by atoms with E-state index in [1.54, 1.807) is 0 Å². The number of nitrogens with zero attached hydrogens (tertiary/aromatic N) is 1. The van der Waals surface area contributed by atoms with Crippen LogP contribution in [0.4, 0.5) is 0 Å². The van der Waals surface area contributed by atoms with Gasteiger partial charge in [0.15, 0.2) is 0 Å². The zero-order chi connectivity index (χ0) is 14.8. The number of rotatable bonds is 9. The lowest BCUT2D eigenvalue weighted by Gasteiger charge is -2.26. The molecular weight excluding hydrogens is 250 g/mol. The lowest BCUT2D eigenvalue weighted by molar-refractivity contribution is -0.121. The molecule has 0 aliphatic heterocycles. The highest BCUT2D eigenvalue weighted by molar-refractivity contribution is 5.74. The van der Waals surface area contributed by atoms with Gasteiger partial charge in [0.25, 0.3) is 0 Å². The molecule has 0 saturated heterocycles. The van der Waals surface area contributed by atoms with Crippen LogP contribution in [0.2, 0.25) is 0 Å². The largest absolute Gasteiger partial charge is 0.297 e.